The number of rotatable bonds is 4. The van der Waals surface area contributed by atoms with Crippen molar-refractivity contribution in [2.75, 3.05) is 0 Å². The smallest absolute Gasteiger partial charge is 0.164 e. The van der Waals surface area contributed by atoms with Gasteiger partial charge in [-0.15, -0.1) is 0 Å². The molecule has 0 N–H and O–H groups in total. The Morgan fingerprint density at radius 2 is 1.45 bits per heavy atom. The van der Waals surface area contributed by atoms with E-state index in [-0.39, 0.29) is 0 Å². The van der Waals surface area contributed by atoms with Crippen molar-refractivity contribution in [3.05, 3.63) is 121 Å². The second-order valence-corrected chi connectivity index (χ2v) is 9.16. The summed E-state index contributed by atoms with van der Waals surface area (Å²) in [5.41, 5.74) is 6.87. The van der Waals surface area contributed by atoms with Crippen LogP contribution in [0.15, 0.2) is 114 Å². The fourth-order valence-corrected chi connectivity index (χ4v) is 4.94. The van der Waals surface area contributed by atoms with Crippen LogP contribution in [0.1, 0.15) is 17.8 Å². The molecule has 38 heavy (non-hydrogen) atoms. The Bertz CT molecular complexity index is 1960. The van der Waals surface area contributed by atoms with Crippen molar-refractivity contribution in [3.63, 3.8) is 0 Å². The van der Waals surface area contributed by atoms with Crippen molar-refractivity contribution in [3.8, 4) is 40.0 Å². The SMILES string of the molecule is N#Cc1cccc(-c2nc(C3=CCC=C3)nc(-c3cc(-c4ccccc4)c4c(c3)oc3ccccc34)n2)c1. The molecule has 0 fully saturated rings. The van der Waals surface area contributed by atoms with Crippen molar-refractivity contribution in [1.29, 1.82) is 5.26 Å². The highest BCUT2D eigenvalue weighted by molar-refractivity contribution is 6.13. The number of nitriles is 1. The third kappa shape index (κ3) is 3.76. The summed E-state index contributed by atoms with van der Waals surface area (Å²) in [6.07, 6.45) is 7.07. The first-order valence-corrected chi connectivity index (χ1v) is 12.4. The fourth-order valence-electron chi connectivity index (χ4n) is 4.94. The summed E-state index contributed by atoms with van der Waals surface area (Å²) in [6.45, 7) is 0. The van der Waals surface area contributed by atoms with Gasteiger partial charge >= 0.3 is 0 Å². The number of nitrogens with zero attached hydrogens (tertiary/aromatic N) is 4. The van der Waals surface area contributed by atoms with Crippen LogP contribution in [0.5, 0.6) is 0 Å². The second-order valence-electron chi connectivity index (χ2n) is 9.16. The molecule has 0 aliphatic heterocycles. The summed E-state index contributed by atoms with van der Waals surface area (Å²) in [4.78, 5) is 14.6. The van der Waals surface area contributed by atoms with Gasteiger partial charge in [-0.1, -0.05) is 78.9 Å². The molecule has 4 aromatic carbocycles. The van der Waals surface area contributed by atoms with E-state index < -0.39 is 0 Å². The number of hydrogen-bond donors (Lipinski definition) is 0. The zero-order valence-electron chi connectivity index (χ0n) is 20.3. The predicted octanol–water partition coefficient (Wildman–Crippen LogP) is 7.99. The molecule has 0 amide bonds. The van der Waals surface area contributed by atoms with Gasteiger partial charge in [0.15, 0.2) is 17.5 Å². The lowest BCUT2D eigenvalue weighted by atomic mass is 9.97. The maximum Gasteiger partial charge on any atom is 0.164 e. The molecule has 5 nitrogen and oxygen atoms in total. The molecule has 2 aromatic heterocycles. The lowest BCUT2D eigenvalue weighted by molar-refractivity contribution is 0.669. The van der Waals surface area contributed by atoms with Crippen LogP contribution in [-0.4, -0.2) is 15.0 Å². The van der Waals surface area contributed by atoms with Gasteiger partial charge in [-0.25, -0.2) is 15.0 Å². The summed E-state index contributed by atoms with van der Waals surface area (Å²) >= 11 is 0. The Hall–Kier alpha value is -5.34. The van der Waals surface area contributed by atoms with Gasteiger partial charge in [-0.05, 0) is 47.9 Å². The van der Waals surface area contributed by atoms with E-state index in [1.54, 1.807) is 12.1 Å². The first kappa shape index (κ1) is 21.9. The monoisotopic (exact) mass is 488 g/mol. The Kier molecular flexibility index (Phi) is 5.16. The number of benzene rings is 4. The standard InChI is InChI=1S/C33H20N4O/c34-20-21-9-8-14-24(17-21)32-35-31(23-12-4-5-13-23)36-33(37-32)25-18-27(22-10-2-1-3-11-22)30-26-15-6-7-16-28(26)38-29(30)19-25/h1-4,6-19H,5H2. The van der Waals surface area contributed by atoms with E-state index in [2.05, 4.69) is 42.5 Å². The lowest BCUT2D eigenvalue weighted by Crippen LogP contribution is -2.02. The van der Waals surface area contributed by atoms with E-state index in [4.69, 9.17) is 19.4 Å². The van der Waals surface area contributed by atoms with Crippen LogP contribution in [0.3, 0.4) is 0 Å². The molecule has 0 spiro atoms. The van der Waals surface area contributed by atoms with Gasteiger partial charge in [0.2, 0.25) is 0 Å². The van der Waals surface area contributed by atoms with Crippen LogP contribution in [0, 0.1) is 11.3 Å². The quantitative estimate of drug-likeness (QED) is 0.251. The summed E-state index contributed by atoms with van der Waals surface area (Å²) in [7, 11) is 0. The van der Waals surface area contributed by atoms with Crippen LogP contribution in [0.25, 0.3) is 61.4 Å². The van der Waals surface area contributed by atoms with Gasteiger partial charge in [-0.2, -0.15) is 5.26 Å². The van der Waals surface area contributed by atoms with E-state index in [1.807, 2.05) is 60.7 Å². The molecule has 5 heteroatoms. The Morgan fingerprint density at radius 3 is 2.26 bits per heavy atom. The molecule has 0 bridgehead atoms. The molecular formula is C33H20N4O. The molecule has 1 aliphatic carbocycles. The van der Waals surface area contributed by atoms with Crippen LogP contribution in [-0.2, 0) is 0 Å². The predicted molar refractivity (Wildman–Crippen MR) is 150 cm³/mol. The van der Waals surface area contributed by atoms with E-state index >= 15 is 0 Å². The summed E-state index contributed by atoms with van der Waals surface area (Å²) in [5.74, 6) is 1.68. The lowest BCUT2D eigenvalue weighted by Gasteiger charge is -2.11. The van der Waals surface area contributed by atoms with Gasteiger partial charge in [0.1, 0.15) is 11.2 Å². The normalized spacial score (nSPS) is 12.7. The van der Waals surface area contributed by atoms with Crippen LogP contribution < -0.4 is 0 Å². The van der Waals surface area contributed by atoms with E-state index in [1.165, 1.54) is 0 Å². The average molecular weight is 489 g/mol. The molecule has 0 radical (unpaired) electrons. The Labute approximate surface area is 219 Å². The zero-order valence-corrected chi connectivity index (χ0v) is 20.3. The van der Waals surface area contributed by atoms with Crippen LogP contribution in [0.2, 0.25) is 0 Å². The largest absolute Gasteiger partial charge is 0.456 e. The molecule has 0 saturated heterocycles. The summed E-state index contributed by atoms with van der Waals surface area (Å²) in [5, 5.41) is 11.6. The van der Waals surface area contributed by atoms with E-state index in [9.17, 15) is 5.26 Å². The number of furan rings is 1. The van der Waals surface area contributed by atoms with E-state index in [0.717, 1.165) is 56.2 Å². The minimum atomic E-state index is 0.522. The maximum absolute atomic E-state index is 9.44. The molecule has 2 heterocycles. The third-order valence-corrected chi connectivity index (χ3v) is 6.74. The van der Waals surface area contributed by atoms with Crippen molar-refractivity contribution in [1.82, 2.24) is 15.0 Å². The molecule has 0 atom stereocenters. The minimum Gasteiger partial charge on any atom is -0.456 e. The Balaban J connectivity index is 1.50. The molecule has 6 aromatic rings. The number of para-hydroxylation sites is 1. The first-order valence-electron chi connectivity index (χ1n) is 12.4. The number of hydrogen-bond acceptors (Lipinski definition) is 5. The number of allylic oxidation sites excluding steroid dienone is 4. The van der Waals surface area contributed by atoms with Crippen LogP contribution >= 0.6 is 0 Å². The van der Waals surface area contributed by atoms with Gasteiger partial charge in [0.25, 0.3) is 0 Å². The van der Waals surface area contributed by atoms with Gasteiger partial charge < -0.3 is 4.42 Å². The first-order chi connectivity index (χ1) is 18.8. The Morgan fingerprint density at radius 1 is 0.684 bits per heavy atom. The highest BCUT2D eigenvalue weighted by atomic mass is 16.3. The van der Waals surface area contributed by atoms with Gasteiger partial charge in [0.05, 0.1) is 11.6 Å². The van der Waals surface area contributed by atoms with Gasteiger partial charge in [-0.3, -0.25) is 0 Å². The zero-order chi connectivity index (χ0) is 25.5. The van der Waals surface area contributed by atoms with Crippen molar-refractivity contribution in [2.45, 2.75) is 6.42 Å². The minimum absolute atomic E-state index is 0.522. The highest BCUT2D eigenvalue weighted by Gasteiger charge is 2.19. The van der Waals surface area contributed by atoms with Gasteiger partial charge in [0, 0.05) is 27.5 Å². The maximum atomic E-state index is 9.44. The number of aromatic nitrogens is 3. The summed E-state index contributed by atoms with van der Waals surface area (Å²) < 4.78 is 6.32. The fraction of sp³-hybridized carbons (Fsp3) is 0.0303. The highest BCUT2D eigenvalue weighted by Crippen LogP contribution is 2.39. The third-order valence-electron chi connectivity index (χ3n) is 6.74. The summed E-state index contributed by atoms with van der Waals surface area (Å²) in [6, 6.07) is 32.1. The topological polar surface area (TPSA) is 75.6 Å². The second kappa shape index (κ2) is 8.95. The molecule has 0 saturated carbocycles. The molecule has 1 aliphatic rings. The van der Waals surface area contributed by atoms with E-state index in [0.29, 0.717) is 23.0 Å². The average Bonchev–Trinajstić information content (AvgIpc) is 3.65. The van der Waals surface area contributed by atoms with Crippen molar-refractivity contribution < 1.29 is 4.42 Å². The van der Waals surface area contributed by atoms with Crippen molar-refractivity contribution >= 4 is 27.5 Å². The van der Waals surface area contributed by atoms with Crippen molar-refractivity contribution in [2.24, 2.45) is 0 Å². The number of fused-ring (bicyclic) bond motifs is 3. The molecule has 7 rings (SSSR count). The molecule has 0 unspecified atom stereocenters. The molecule has 178 valence electrons. The van der Waals surface area contributed by atoms with Crippen LogP contribution in [0.4, 0.5) is 0 Å². The molecular weight excluding hydrogens is 468 g/mol.